The fraction of sp³-hybridized carbons (Fsp3) is 0.650. The van der Waals surface area contributed by atoms with E-state index in [2.05, 4.69) is 34.2 Å². The van der Waals surface area contributed by atoms with Crippen molar-refractivity contribution in [3.05, 3.63) is 29.8 Å². The van der Waals surface area contributed by atoms with Crippen molar-refractivity contribution in [2.75, 3.05) is 72.7 Å². The fourth-order valence-corrected chi connectivity index (χ4v) is 3.74. The monoisotopic (exact) mass is 376 g/mol. The van der Waals surface area contributed by atoms with Gasteiger partial charge in [0.05, 0.1) is 26.4 Å². The Morgan fingerprint density at radius 1 is 1.11 bits per heavy atom. The molecule has 0 radical (unpaired) electrons. The number of benzene rings is 1. The lowest BCUT2D eigenvalue weighted by atomic mass is 10.0. The second-order valence-corrected chi connectivity index (χ2v) is 7.04. The van der Waals surface area contributed by atoms with Crippen molar-refractivity contribution in [3.8, 4) is 5.75 Å². The number of morpholine rings is 1. The second-order valence-electron chi connectivity index (χ2n) is 7.04. The van der Waals surface area contributed by atoms with Gasteiger partial charge in [-0.2, -0.15) is 0 Å². The van der Waals surface area contributed by atoms with E-state index in [1.165, 1.54) is 5.56 Å². The average molecular weight is 377 g/mol. The number of amides is 2. The molecule has 1 atom stereocenters. The molecule has 2 aliphatic rings. The minimum Gasteiger partial charge on any atom is -0.497 e. The molecule has 1 aromatic rings. The van der Waals surface area contributed by atoms with E-state index < -0.39 is 0 Å². The highest BCUT2D eigenvalue weighted by molar-refractivity contribution is 5.74. The Morgan fingerprint density at radius 3 is 2.37 bits per heavy atom. The number of likely N-dealkylation sites (N-methyl/N-ethyl adjacent to an activating group) is 1. The van der Waals surface area contributed by atoms with Gasteiger partial charge in [-0.3, -0.25) is 4.90 Å². The number of carbonyl (C=O) groups excluding carboxylic acids is 1. The molecule has 1 unspecified atom stereocenters. The Bertz CT molecular complexity index is 581. The van der Waals surface area contributed by atoms with Crippen LogP contribution in [0.3, 0.4) is 0 Å². The number of nitrogens with one attached hydrogen (secondary N) is 1. The molecule has 0 aliphatic carbocycles. The van der Waals surface area contributed by atoms with Gasteiger partial charge in [0.2, 0.25) is 0 Å². The summed E-state index contributed by atoms with van der Waals surface area (Å²) in [5.41, 5.74) is 1.21. The van der Waals surface area contributed by atoms with Gasteiger partial charge in [-0.25, -0.2) is 4.79 Å². The molecule has 1 N–H and O–H groups in total. The summed E-state index contributed by atoms with van der Waals surface area (Å²) < 4.78 is 10.6. The molecule has 1 aromatic carbocycles. The van der Waals surface area contributed by atoms with Gasteiger partial charge in [0.25, 0.3) is 0 Å². The molecule has 0 bridgehead atoms. The smallest absolute Gasteiger partial charge is 0.317 e. The van der Waals surface area contributed by atoms with Crippen LogP contribution in [0.25, 0.3) is 0 Å². The van der Waals surface area contributed by atoms with E-state index in [1.54, 1.807) is 7.11 Å². The number of nitrogens with zero attached hydrogens (tertiary/aromatic N) is 3. The van der Waals surface area contributed by atoms with Gasteiger partial charge < -0.3 is 24.6 Å². The van der Waals surface area contributed by atoms with E-state index in [0.29, 0.717) is 32.8 Å². The lowest BCUT2D eigenvalue weighted by Crippen LogP contribution is -2.51. The molecule has 150 valence electrons. The van der Waals surface area contributed by atoms with E-state index in [-0.39, 0.29) is 12.1 Å². The Morgan fingerprint density at radius 2 is 1.78 bits per heavy atom. The molecule has 27 heavy (non-hydrogen) atoms. The zero-order valence-electron chi connectivity index (χ0n) is 16.5. The maximum atomic E-state index is 12.5. The number of ether oxygens (including phenoxy) is 2. The highest BCUT2D eigenvalue weighted by Gasteiger charge is 2.26. The number of piperazine rings is 1. The Labute approximate surface area is 162 Å². The predicted molar refractivity (Wildman–Crippen MR) is 105 cm³/mol. The van der Waals surface area contributed by atoms with Gasteiger partial charge in [-0.15, -0.1) is 0 Å². The molecule has 2 heterocycles. The van der Waals surface area contributed by atoms with Crippen LogP contribution >= 0.6 is 0 Å². The molecular formula is C20H32N4O3. The van der Waals surface area contributed by atoms with Crippen molar-refractivity contribution in [2.24, 2.45) is 0 Å². The highest BCUT2D eigenvalue weighted by Crippen LogP contribution is 2.24. The average Bonchev–Trinajstić information content (AvgIpc) is 2.75. The topological polar surface area (TPSA) is 57.3 Å². The van der Waals surface area contributed by atoms with Crippen molar-refractivity contribution in [3.63, 3.8) is 0 Å². The lowest BCUT2D eigenvalue weighted by Gasteiger charge is -2.39. The van der Waals surface area contributed by atoms with E-state index in [9.17, 15) is 4.79 Å². The normalized spacial score (nSPS) is 20.3. The molecule has 0 aromatic heterocycles. The maximum Gasteiger partial charge on any atom is 0.317 e. The maximum absolute atomic E-state index is 12.5. The first kappa shape index (κ1) is 19.9. The number of urea groups is 1. The summed E-state index contributed by atoms with van der Waals surface area (Å²) in [6.07, 6.45) is 0. The van der Waals surface area contributed by atoms with Gasteiger partial charge >= 0.3 is 6.03 Å². The number of hydrogen-bond donors (Lipinski definition) is 1. The first-order valence-corrected chi connectivity index (χ1v) is 9.92. The molecule has 0 spiro atoms. The lowest BCUT2D eigenvalue weighted by molar-refractivity contribution is 0.0518. The fourth-order valence-electron chi connectivity index (χ4n) is 3.74. The summed E-state index contributed by atoms with van der Waals surface area (Å²) in [7, 11) is 1.68. The van der Waals surface area contributed by atoms with E-state index in [4.69, 9.17) is 9.47 Å². The summed E-state index contributed by atoms with van der Waals surface area (Å²) >= 11 is 0. The number of methoxy groups -OCH3 is 1. The number of carbonyl (C=O) groups is 1. The molecule has 7 nitrogen and oxygen atoms in total. The van der Waals surface area contributed by atoms with E-state index in [0.717, 1.165) is 38.5 Å². The summed E-state index contributed by atoms with van der Waals surface area (Å²) in [4.78, 5) is 19.3. The molecule has 7 heteroatoms. The van der Waals surface area contributed by atoms with Crippen LogP contribution < -0.4 is 10.1 Å². The summed E-state index contributed by atoms with van der Waals surface area (Å²) in [6, 6.07) is 8.37. The molecule has 2 fully saturated rings. The summed E-state index contributed by atoms with van der Waals surface area (Å²) in [5, 5.41) is 3.15. The molecule has 2 amide bonds. The van der Waals surface area contributed by atoms with Gasteiger partial charge in [-0.1, -0.05) is 19.1 Å². The standard InChI is InChI=1S/C20H32N4O3/c1-3-22-8-10-23(11-9-22)19(17-4-6-18(26-2)7-5-17)16-21-20(25)24-12-14-27-15-13-24/h4-7,19H,3,8-16H2,1-2H3,(H,21,25). The van der Waals surface area contributed by atoms with Crippen LogP contribution in [-0.2, 0) is 4.74 Å². The highest BCUT2D eigenvalue weighted by atomic mass is 16.5. The van der Waals surface area contributed by atoms with Gasteiger partial charge in [-0.05, 0) is 24.2 Å². The molecule has 2 aliphatic heterocycles. The molecule has 3 rings (SSSR count). The molecule has 2 saturated heterocycles. The third-order valence-corrected chi connectivity index (χ3v) is 5.54. The van der Waals surface area contributed by atoms with Crippen LogP contribution in [0.15, 0.2) is 24.3 Å². The number of hydrogen-bond acceptors (Lipinski definition) is 5. The van der Waals surface area contributed by atoms with Crippen LogP contribution in [0.1, 0.15) is 18.5 Å². The predicted octanol–water partition coefficient (Wildman–Crippen LogP) is 1.42. The second kappa shape index (κ2) is 9.92. The molecule has 0 saturated carbocycles. The van der Waals surface area contributed by atoms with E-state index >= 15 is 0 Å². The third kappa shape index (κ3) is 5.34. The zero-order chi connectivity index (χ0) is 19.1. The van der Waals surface area contributed by atoms with Crippen molar-refractivity contribution >= 4 is 6.03 Å². The van der Waals surface area contributed by atoms with Crippen LogP contribution in [0.2, 0.25) is 0 Å². The van der Waals surface area contributed by atoms with E-state index in [1.807, 2.05) is 17.0 Å². The largest absolute Gasteiger partial charge is 0.497 e. The minimum atomic E-state index is 0.00371. The minimum absolute atomic E-state index is 0.00371. The van der Waals surface area contributed by atoms with Gasteiger partial charge in [0, 0.05) is 45.8 Å². The van der Waals surface area contributed by atoms with Crippen LogP contribution in [0, 0.1) is 0 Å². The Balaban J connectivity index is 1.66. The summed E-state index contributed by atoms with van der Waals surface area (Å²) in [6.45, 7) is 10.6. The molecular weight excluding hydrogens is 344 g/mol. The first-order chi connectivity index (χ1) is 13.2. The Kier molecular flexibility index (Phi) is 7.32. The van der Waals surface area contributed by atoms with Crippen LogP contribution in [0.4, 0.5) is 4.79 Å². The van der Waals surface area contributed by atoms with Crippen molar-refractivity contribution in [2.45, 2.75) is 13.0 Å². The quantitative estimate of drug-likeness (QED) is 0.814. The first-order valence-electron chi connectivity index (χ1n) is 9.92. The van der Waals surface area contributed by atoms with Crippen LogP contribution in [-0.4, -0.2) is 93.4 Å². The SMILES string of the molecule is CCN1CCN(C(CNC(=O)N2CCOCC2)c2ccc(OC)cc2)CC1. The van der Waals surface area contributed by atoms with Crippen molar-refractivity contribution in [1.29, 1.82) is 0 Å². The summed E-state index contributed by atoms with van der Waals surface area (Å²) in [5.74, 6) is 0.852. The third-order valence-electron chi connectivity index (χ3n) is 5.54. The van der Waals surface area contributed by atoms with Crippen molar-refractivity contribution < 1.29 is 14.3 Å². The van der Waals surface area contributed by atoms with Crippen LogP contribution in [0.5, 0.6) is 5.75 Å². The zero-order valence-corrected chi connectivity index (χ0v) is 16.5. The van der Waals surface area contributed by atoms with Gasteiger partial charge in [0.15, 0.2) is 0 Å². The Hall–Kier alpha value is -1.83. The number of rotatable bonds is 6. The van der Waals surface area contributed by atoms with Gasteiger partial charge in [0.1, 0.15) is 5.75 Å². The van der Waals surface area contributed by atoms with Crippen molar-refractivity contribution in [1.82, 2.24) is 20.0 Å².